The van der Waals surface area contributed by atoms with Crippen molar-refractivity contribution in [3.05, 3.63) is 0 Å². The van der Waals surface area contributed by atoms with Gasteiger partial charge in [0.05, 0.1) is 0 Å². The molecule has 0 aromatic rings. The summed E-state index contributed by atoms with van der Waals surface area (Å²) in [4.78, 5) is 2.46. The Balaban J connectivity index is 1.92. The van der Waals surface area contributed by atoms with Crippen LogP contribution in [0.1, 0.15) is 32.6 Å². The van der Waals surface area contributed by atoms with Crippen LogP contribution >= 0.6 is 0 Å². The van der Waals surface area contributed by atoms with Crippen molar-refractivity contribution in [2.75, 3.05) is 26.7 Å². The fraction of sp³-hybridized carbons (Fsp3) is 1.00. The van der Waals surface area contributed by atoms with Crippen LogP contribution < -0.4 is 5.32 Å². The van der Waals surface area contributed by atoms with E-state index in [1.165, 1.54) is 45.3 Å². The molecule has 1 unspecified atom stereocenters. The fourth-order valence-electron chi connectivity index (χ4n) is 2.79. The number of hydrogen-bond acceptors (Lipinski definition) is 2. The Hall–Kier alpha value is -0.0800. The first-order valence-corrected chi connectivity index (χ1v) is 5.66. The second-order valence-electron chi connectivity index (χ2n) is 4.99. The largest absolute Gasteiger partial charge is 0.313 e. The molecule has 2 rings (SSSR count). The Labute approximate surface area is 81.7 Å². The molecule has 2 heterocycles. The van der Waals surface area contributed by atoms with Crippen LogP contribution in [0.15, 0.2) is 0 Å². The highest BCUT2D eigenvalue weighted by Gasteiger charge is 2.39. The lowest BCUT2D eigenvalue weighted by Gasteiger charge is -2.37. The minimum Gasteiger partial charge on any atom is -0.313 e. The molecule has 0 aromatic heterocycles. The first kappa shape index (κ1) is 9.47. The zero-order valence-corrected chi connectivity index (χ0v) is 8.97. The molecule has 2 nitrogen and oxygen atoms in total. The van der Waals surface area contributed by atoms with Gasteiger partial charge in [-0.15, -0.1) is 0 Å². The molecule has 2 heteroatoms. The van der Waals surface area contributed by atoms with Gasteiger partial charge in [0.15, 0.2) is 0 Å². The molecule has 76 valence electrons. The van der Waals surface area contributed by atoms with Crippen LogP contribution in [0.25, 0.3) is 0 Å². The Bertz CT molecular complexity index is 171. The third kappa shape index (κ3) is 1.89. The predicted molar refractivity (Wildman–Crippen MR) is 55.9 cm³/mol. The highest BCUT2D eigenvalue weighted by molar-refractivity contribution is 4.95. The van der Waals surface area contributed by atoms with Crippen molar-refractivity contribution in [1.82, 2.24) is 10.2 Å². The molecule has 1 spiro atoms. The van der Waals surface area contributed by atoms with E-state index in [1.807, 2.05) is 0 Å². The molecular formula is C11H22N2. The van der Waals surface area contributed by atoms with E-state index in [4.69, 9.17) is 0 Å². The van der Waals surface area contributed by atoms with Crippen LogP contribution in [-0.2, 0) is 0 Å². The average Bonchev–Trinajstić information content (AvgIpc) is 2.55. The zero-order chi connectivity index (χ0) is 9.31. The first-order chi connectivity index (χ1) is 6.24. The van der Waals surface area contributed by atoms with Gasteiger partial charge < -0.3 is 10.2 Å². The highest BCUT2D eigenvalue weighted by Crippen LogP contribution is 2.39. The maximum absolute atomic E-state index is 3.66. The van der Waals surface area contributed by atoms with Crippen molar-refractivity contribution < 1.29 is 0 Å². The van der Waals surface area contributed by atoms with Gasteiger partial charge in [-0.2, -0.15) is 0 Å². The van der Waals surface area contributed by atoms with E-state index in [-0.39, 0.29) is 0 Å². The number of piperidine rings is 1. The summed E-state index contributed by atoms with van der Waals surface area (Å²) in [5.41, 5.74) is 0.674. The standard InChI is InChI=1S/C11H22N2/c1-3-10-8-11(9-12-10)4-6-13(2)7-5-11/h10,12H,3-9H2,1-2H3. The fourth-order valence-corrected chi connectivity index (χ4v) is 2.79. The summed E-state index contributed by atoms with van der Waals surface area (Å²) >= 11 is 0. The van der Waals surface area contributed by atoms with Crippen LogP contribution in [-0.4, -0.2) is 37.6 Å². The Morgan fingerprint density at radius 2 is 2.08 bits per heavy atom. The number of likely N-dealkylation sites (tertiary alicyclic amines) is 1. The Morgan fingerprint density at radius 1 is 1.38 bits per heavy atom. The molecule has 0 aromatic carbocycles. The molecule has 1 N–H and O–H groups in total. The molecule has 2 fully saturated rings. The van der Waals surface area contributed by atoms with Gasteiger partial charge in [0.2, 0.25) is 0 Å². The van der Waals surface area contributed by atoms with E-state index in [1.54, 1.807) is 0 Å². The van der Waals surface area contributed by atoms with Gasteiger partial charge in [-0.05, 0) is 51.2 Å². The number of nitrogens with zero attached hydrogens (tertiary/aromatic N) is 1. The van der Waals surface area contributed by atoms with Crippen LogP contribution in [0, 0.1) is 5.41 Å². The van der Waals surface area contributed by atoms with Crippen molar-refractivity contribution in [3.8, 4) is 0 Å². The lowest BCUT2D eigenvalue weighted by molar-refractivity contribution is 0.137. The van der Waals surface area contributed by atoms with Crippen molar-refractivity contribution in [2.24, 2.45) is 5.41 Å². The van der Waals surface area contributed by atoms with Gasteiger partial charge in [0, 0.05) is 12.6 Å². The lowest BCUT2D eigenvalue weighted by atomic mass is 9.76. The second-order valence-corrected chi connectivity index (χ2v) is 4.99. The van der Waals surface area contributed by atoms with E-state index in [9.17, 15) is 0 Å². The summed E-state index contributed by atoms with van der Waals surface area (Å²) in [7, 11) is 2.24. The summed E-state index contributed by atoms with van der Waals surface area (Å²) in [6, 6.07) is 0.809. The molecule has 2 aliphatic heterocycles. The van der Waals surface area contributed by atoms with Crippen LogP contribution in [0.2, 0.25) is 0 Å². The third-order valence-electron chi connectivity index (χ3n) is 3.99. The van der Waals surface area contributed by atoms with Gasteiger partial charge in [-0.3, -0.25) is 0 Å². The minimum atomic E-state index is 0.674. The van der Waals surface area contributed by atoms with Crippen molar-refractivity contribution in [1.29, 1.82) is 0 Å². The first-order valence-electron chi connectivity index (χ1n) is 5.66. The Kier molecular flexibility index (Phi) is 2.61. The van der Waals surface area contributed by atoms with Gasteiger partial charge in [0.25, 0.3) is 0 Å². The SMILES string of the molecule is CCC1CC2(CCN(C)CC2)CN1. The Morgan fingerprint density at radius 3 is 2.62 bits per heavy atom. The van der Waals surface area contributed by atoms with Gasteiger partial charge in [-0.1, -0.05) is 6.92 Å². The third-order valence-corrected chi connectivity index (χ3v) is 3.99. The number of hydrogen-bond donors (Lipinski definition) is 1. The summed E-state index contributed by atoms with van der Waals surface area (Å²) in [6.45, 7) is 6.18. The molecule has 2 aliphatic rings. The molecule has 2 saturated heterocycles. The topological polar surface area (TPSA) is 15.3 Å². The van der Waals surface area contributed by atoms with Gasteiger partial charge in [0.1, 0.15) is 0 Å². The smallest absolute Gasteiger partial charge is 0.00704 e. The maximum atomic E-state index is 3.66. The van der Waals surface area contributed by atoms with Gasteiger partial charge in [-0.25, -0.2) is 0 Å². The maximum Gasteiger partial charge on any atom is 0.00704 e. The number of rotatable bonds is 1. The predicted octanol–water partition coefficient (Wildman–Crippen LogP) is 1.47. The summed E-state index contributed by atoms with van der Waals surface area (Å²) in [5.74, 6) is 0. The highest BCUT2D eigenvalue weighted by atomic mass is 15.1. The van der Waals surface area contributed by atoms with E-state index >= 15 is 0 Å². The van der Waals surface area contributed by atoms with Crippen molar-refractivity contribution in [3.63, 3.8) is 0 Å². The lowest BCUT2D eigenvalue weighted by Crippen LogP contribution is -2.39. The van der Waals surface area contributed by atoms with Crippen LogP contribution in [0.4, 0.5) is 0 Å². The zero-order valence-electron chi connectivity index (χ0n) is 8.97. The quantitative estimate of drug-likeness (QED) is 0.660. The molecule has 13 heavy (non-hydrogen) atoms. The van der Waals surface area contributed by atoms with E-state index in [0.29, 0.717) is 5.41 Å². The molecule has 0 saturated carbocycles. The van der Waals surface area contributed by atoms with E-state index < -0.39 is 0 Å². The molecule has 0 aliphatic carbocycles. The minimum absolute atomic E-state index is 0.674. The second kappa shape index (κ2) is 3.58. The number of nitrogens with one attached hydrogen (secondary N) is 1. The molecule has 1 atom stereocenters. The average molecular weight is 182 g/mol. The van der Waals surface area contributed by atoms with E-state index in [0.717, 1.165) is 6.04 Å². The molecule has 0 radical (unpaired) electrons. The van der Waals surface area contributed by atoms with Crippen LogP contribution in [0.3, 0.4) is 0 Å². The summed E-state index contributed by atoms with van der Waals surface area (Å²) < 4.78 is 0. The molecule has 0 amide bonds. The van der Waals surface area contributed by atoms with Crippen molar-refractivity contribution in [2.45, 2.75) is 38.6 Å². The van der Waals surface area contributed by atoms with Crippen molar-refractivity contribution >= 4 is 0 Å². The summed E-state index contributed by atoms with van der Waals surface area (Å²) in [6.07, 6.45) is 5.55. The summed E-state index contributed by atoms with van der Waals surface area (Å²) in [5, 5.41) is 3.66. The van der Waals surface area contributed by atoms with Crippen LogP contribution in [0.5, 0.6) is 0 Å². The molecule has 0 bridgehead atoms. The van der Waals surface area contributed by atoms with E-state index in [2.05, 4.69) is 24.2 Å². The monoisotopic (exact) mass is 182 g/mol. The normalized spacial score (nSPS) is 34.2. The van der Waals surface area contributed by atoms with Gasteiger partial charge >= 0.3 is 0 Å². The molecular weight excluding hydrogens is 160 g/mol.